The molecule has 2 rings (SSSR count). The Morgan fingerprint density at radius 2 is 2.12 bits per heavy atom. The summed E-state index contributed by atoms with van der Waals surface area (Å²) in [5.41, 5.74) is -0.696. The molecule has 1 fully saturated rings. The van der Waals surface area contributed by atoms with E-state index in [0.29, 0.717) is 5.92 Å². The third kappa shape index (κ3) is 3.12. The van der Waals surface area contributed by atoms with E-state index in [9.17, 15) is 13.2 Å². The fourth-order valence-corrected chi connectivity index (χ4v) is 2.12. The summed E-state index contributed by atoms with van der Waals surface area (Å²) in [5.74, 6) is 0.842. The van der Waals surface area contributed by atoms with Crippen molar-refractivity contribution in [1.82, 2.24) is 4.98 Å². The first-order valence-electron chi connectivity index (χ1n) is 5.37. The molecule has 1 heterocycles. The van der Waals surface area contributed by atoms with Crippen molar-refractivity contribution >= 4 is 21.7 Å². The second-order valence-electron chi connectivity index (χ2n) is 4.32. The normalized spacial score (nSPS) is 17.9. The first-order valence-corrected chi connectivity index (χ1v) is 6.16. The van der Waals surface area contributed by atoms with Gasteiger partial charge in [-0.1, -0.05) is 0 Å². The van der Waals surface area contributed by atoms with Gasteiger partial charge >= 0.3 is 6.18 Å². The predicted molar refractivity (Wildman–Crippen MR) is 62.7 cm³/mol. The molecule has 2 nitrogen and oxygen atoms in total. The lowest BCUT2D eigenvalue weighted by molar-refractivity contribution is -0.138. The molecule has 1 unspecified atom stereocenters. The minimum Gasteiger partial charge on any atom is -0.367 e. The minimum absolute atomic E-state index is 0.0328. The van der Waals surface area contributed by atoms with Gasteiger partial charge in [0.05, 0.1) is 5.56 Å². The van der Waals surface area contributed by atoms with Crippen LogP contribution in [0.3, 0.4) is 0 Å². The van der Waals surface area contributed by atoms with Gasteiger partial charge in [-0.3, -0.25) is 0 Å². The van der Waals surface area contributed by atoms with E-state index >= 15 is 0 Å². The Bertz CT molecular complexity index is 416. The summed E-state index contributed by atoms with van der Waals surface area (Å²) in [6, 6.07) is 1.22. The number of nitrogens with one attached hydrogen (secondary N) is 1. The first kappa shape index (κ1) is 12.7. The molecule has 0 aliphatic heterocycles. The van der Waals surface area contributed by atoms with Crippen molar-refractivity contribution in [3.05, 3.63) is 22.3 Å². The summed E-state index contributed by atoms with van der Waals surface area (Å²) in [6.45, 7) is 1.97. The maximum atomic E-state index is 12.7. The second-order valence-corrected chi connectivity index (χ2v) is 5.17. The Morgan fingerprint density at radius 1 is 1.47 bits per heavy atom. The van der Waals surface area contributed by atoms with Crippen molar-refractivity contribution in [2.24, 2.45) is 5.92 Å². The van der Waals surface area contributed by atoms with Gasteiger partial charge in [-0.2, -0.15) is 13.2 Å². The molecule has 1 aliphatic carbocycles. The molecule has 17 heavy (non-hydrogen) atoms. The number of anilines is 1. The van der Waals surface area contributed by atoms with E-state index in [4.69, 9.17) is 0 Å². The van der Waals surface area contributed by atoms with E-state index in [1.54, 1.807) is 0 Å². The lowest BCUT2D eigenvalue weighted by atomic mass is 10.2. The SMILES string of the molecule is CC(Nc1cc(C(F)(F)F)c(Br)cn1)C1CC1. The molecular weight excluding hydrogens is 297 g/mol. The van der Waals surface area contributed by atoms with E-state index in [1.807, 2.05) is 6.92 Å². The highest BCUT2D eigenvalue weighted by Crippen LogP contribution is 2.37. The molecule has 94 valence electrons. The van der Waals surface area contributed by atoms with Crippen LogP contribution >= 0.6 is 15.9 Å². The molecule has 0 amide bonds. The van der Waals surface area contributed by atoms with Crippen LogP contribution in [0.15, 0.2) is 16.7 Å². The summed E-state index contributed by atoms with van der Waals surface area (Å²) in [4.78, 5) is 3.94. The van der Waals surface area contributed by atoms with Crippen molar-refractivity contribution in [3.8, 4) is 0 Å². The Morgan fingerprint density at radius 3 is 2.65 bits per heavy atom. The number of halogens is 4. The van der Waals surface area contributed by atoms with Crippen LogP contribution < -0.4 is 5.32 Å². The zero-order valence-corrected chi connectivity index (χ0v) is 10.8. The van der Waals surface area contributed by atoms with Crippen molar-refractivity contribution in [2.45, 2.75) is 32.0 Å². The molecule has 1 aromatic rings. The van der Waals surface area contributed by atoms with Gasteiger partial charge in [0.2, 0.25) is 0 Å². The predicted octanol–water partition coefficient (Wildman–Crippen LogP) is 4.07. The van der Waals surface area contributed by atoms with Crippen molar-refractivity contribution < 1.29 is 13.2 Å². The molecule has 0 saturated heterocycles. The van der Waals surface area contributed by atoms with Gasteiger partial charge in [-0.05, 0) is 47.7 Å². The zero-order chi connectivity index (χ0) is 12.6. The Balaban J connectivity index is 2.18. The van der Waals surface area contributed by atoms with Crippen LogP contribution in [0.25, 0.3) is 0 Å². The lowest BCUT2D eigenvalue weighted by Crippen LogP contribution is -2.19. The topological polar surface area (TPSA) is 24.9 Å². The zero-order valence-electron chi connectivity index (χ0n) is 9.18. The van der Waals surface area contributed by atoms with Gasteiger partial charge in [0.15, 0.2) is 0 Å². The van der Waals surface area contributed by atoms with E-state index in [1.165, 1.54) is 6.20 Å². The van der Waals surface area contributed by atoms with Gasteiger partial charge < -0.3 is 5.32 Å². The van der Waals surface area contributed by atoms with Crippen LogP contribution in [-0.4, -0.2) is 11.0 Å². The van der Waals surface area contributed by atoms with Gasteiger partial charge in [0.25, 0.3) is 0 Å². The Labute approximate surface area is 106 Å². The summed E-state index contributed by atoms with van der Waals surface area (Å²) >= 11 is 2.86. The van der Waals surface area contributed by atoms with Crippen molar-refractivity contribution in [2.75, 3.05) is 5.32 Å². The third-order valence-electron chi connectivity index (χ3n) is 2.87. The average molecular weight is 309 g/mol. The molecule has 0 aromatic carbocycles. The van der Waals surface area contributed by atoms with Crippen LogP contribution in [0.5, 0.6) is 0 Å². The van der Waals surface area contributed by atoms with Gasteiger partial charge in [-0.25, -0.2) is 4.98 Å². The number of nitrogens with zero attached hydrogens (tertiary/aromatic N) is 1. The molecular formula is C11H12BrF3N2. The van der Waals surface area contributed by atoms with E-state index in [2.05, 4.69) is 26.2 Å². The van der Waals surface area contributed by atoms with Gasteiger partial charge in [0.1, 0.15) is 5.82 Å². The number of rotatable bonds is 3. The number of pyridine rings is 1. The van der Waals surface area contributed by atoms with Crippen molar-refractivity contribution in [1.29, 1.82) is 0 Å². The fraction of sp³-hybridized carbons (Fsp3) is 0.545. The summed E-state index contributed by atoms with van der Waals surface area (Å²) in [5, 5.41) is 3.01. The molecule has 1 aromatic heterocycles. The monoisotopic (exact) mass is 308 g/mol. The summed E-state index contributed by atoms with van der Waals surface area (Å²) in [6.07, 6.45) is -0.903. The van der Waals surface area contributed by atoms with Crippen LogP contribution in [0.4, 0.5) is 19.0 Å². The molecule has 0 spiro atoms. The van der Waals surface area contributed by atoms with Crippen LogP contribution in [0.1, 0.15) is 25.3 Å². The van der Waals surface area contributed by atoms with Crippen LogP contribution in [0, 0.1) is 5.92 Å². The standard InChI is InChI=1S/C11H12BrF3N2/c1-6(7-2-3-7)17-10-4-8(11(13,14)15)9(12)5-16-10/h4-7H,2-3H2,1H3,(H,16,17). The van der Waals surface area contributed by atoms with Crippen molar-refractivity contribution in [3.63, 3.8) is 0 Å². The van der Waals surface area contributed by atoms with Crippen LogP contribution in [-0.2, 0) is 6.18 Å². The third-order valence-corrected chi connectivity index (χ3v) is 3.50. The fourth-order valence-electron chi connectivity index (χ4n) is 1.68. The van der Waals surface area contributed by atoms with Gasteiger partial charge in [0, 0.05) is 16.7 Å². The minimum atomic E-state index is -4.36. The first-order chi connectivity index (χ1) is 7.88. The smallest absolute Gasteiger partial charge is 0.367 e. The molecule has 0 bridgehead atoms. The van der Waals surface area contributed by atoms with Gasteiger partial charge in [-0.15, -0.1) is 0 Å². The molecule has 1 N–H and O–H groups in total. The summed E-state index contributed by atoms with van der Waals surface area (Å²) < 4.78 is 37.9. The number of hydrogen-bond acceptors (Lipinski definition) is 2. The highest BCUT2D eigenvalue weighted by atomic mass is 79.9. The highest BCUT2D eigenvalue weighted by molar-refractivity contribution is 9.10. The number of alkyl halides is 3. The quantitative estimate of drug-likeness (QED) is 0.910. The Kier molecular flexibility index (Phi) is 3.34. The number of aromatic nitrogens is 1. The Hall–Kier alpha value is -0.780. The number of hydrogen-bond donors (Lipinski definition) is 1. The maximum Gasteiger partial charge on any atom is 0.417 e. The molecule has 0 radical (unpaired) electrons. The summed E-state index contributed by atoms with van der Waals surface area (Å²) in [7, 11) is 0. The maximum absolute atomic E-state index is 12.7. The molecule has 1 atom stereocenters. The lowest BCUT2D eigenvalue weighted by Gasteiger charge is -2.15. The largest absolute Gasteiger partial charge is 0.417 e. The molecule has 1 saturated carbocycles. The highest BCUT2D eigenvalue weighted by Gasteiger charge is 2.34. The van der Waals surface area contributed by atoms with E-state index < -0.39 is 11.7 Å². The second kappa shape index (κ2) is 4.48. The molecule has 6 heteroatoms. The van der Waals surface area contributed by atoms with E-state index in [-0.39, 0.29) is 16.3 Å². The molecule has 1 aliphatic rings. The average Bonchev–Trinajstić information content (AvgIpc) is 3.02. The van der Waals surface area contributed by atoms with E-state index in [0.717, 1.165) is 18.9 Å². The van der Waals surface area contributed by atoms with Crippen LogP contribution in [0.2, 0.25) is 0 Å².